The first kappa shape index (κ1) is 17.8. The number of anilines is 1. The Balaban J connectivity index is 1.53. The van der Waals surface area contributed by atoms with Crippen molar-refractivity contribution in [1.29, 1.82) is 0 Å². The topological polar surface area (TPSA) is 95.6 Å². The van der Waals surface area contributed by atoms with Gasteiger partial charge in [0.2, 0.25) is 5.95 Å². The van der Waals surface area contributed by atoms with Crippen LogP contribution in [0.2, 0.25) is 0 Å². The molecule has 0 radical (unpaired) electrons. The minimum absolute atomic E-state index is 0.238. The van der Waals surface area contributed by atoms with Gasteiger partial charge in [0.05, 0.1) is 12.3 Å². The van der Waals surface area contributed by atoms with Crippen molar-refractivity contribution in [2.24, 2.45) is 0 Å². The van der Waals surface area contributed by atoms with Gasteiger partial charge in [-0.2, -0.15) is 0 Å². The number of fused-ring (bicyclic) bond motifs is 3. The van der Waals surface area contributed by atoms with Crippen LogP contribution in [0.4, 0.5) is 10.3 Å². The van der Waals surface area contributed by atoms with E-state index in [1.165, 1.54) is 6.07 Å². The molecule has 5 heterocycles. The smallest absolute Gasteiger partial charge is 0.207 e. The zero-order valence-electron chi connectivity index (χ0n) is 16.7. The number of nitrogens with zero attached hydrogens (tertiary/aromatic N) is 6. The Bertz CT molecular complexity index is 1490. The first-order valence-electron chi connectivity index (χ1n) is 9.96. The van der Waals surface area contributed by atoms with Gasteiger partial charge in [0.1, 0.15) is 23.0 Å². The highest BCUT2D eigenvalue weighted by atomic mass is 19.1. The second-order valence-electron chi connectivity index (χ2n) is 7.62. The number of ether oxygens (including phenoxy) is 1. The Hall–Kier alpha value is -4.01. The van der Waals surface area contributed by atoms with E-state index in [0.29, 0.717) is 30.1 Å². The highest BCUT2D eigenvalue weighted by molar-refractivity contribution is 5.86. The van der Waals surface area contributed by atoms with E-state index in [0.717, 1.165) is 33.8 Å². The van der Waals surface area contributed by atoms with Crippen LogP contribution in [0, 0.1) is 12.7 Å². The number of nitrogens with two attached hydrogens (primary N) is 1. The van der Waals surface area contributed by atoms with E-state index in [1.54, 1.807) is 16.7 Å². The van der Waals surface area contributed by atoms with Crippen LogP contribution >= 0.6 is 0 Å². The summed E-state index contributed by atoms with van der Waals surface area (Å²) in [5, 5.41) is 8.74. The molecule has 5 aromatic rings. The van der Waals surface area contributed by atoms with E-state index in [9.17, 15) is 4.39 Å². The van der Waals surface area contributed by atoms with E-state index in [2.05, 4.69) is 20.2 Å². The quantitative estimate of drug-likeness (QED) is 0.487. The Kier molecular flexibility index (Phi) is 3.73. The standard InChI is InChI=1S/C22H18FN7O/c1-12-11-29-7-2-3-14(20(29)26-12)16-10-25-22(24)30-19(27-28-21(16)30)9-15-13-6-8-31-18(13)5-4-17(15)23/h2-5,7,10-11H,6,8-9H2,1H3,(H2,24,25). The molecule has 0 atom stereocenters. The Labute approximate surface area is 176 Å². The number of benzene rings is 1. The molecular weight excluding hydrogens is 397 g/mol. The number of pyridine rings is 1. The molecule has 6 rings (SSSR count). The first-order valence-corrected chi connectivity index (χ1v) is 9.96. The average molecular weight is 415 g/mol. The number of aromatic nitrogens is 6. The first-order chi connectivity index (χ1) is 15.1. The van der Waals surface area contributed by atoms with Crippen molar-refractivity contribution >= 4 is 17.2 Å². The van der Waals surface area contributed by atoms with Crippen molar-refractivity contribution in [3.8, 4) is 16.9 Å². The summed E-state index contributed by atoms with van der Waals surface area (Å²) in [5.74, 6) is 1.20. The fourth-order valence-electron chi connectivity index (χ4n) is 4.29. The fraction of sp³-hybridized carbons (Fsp3) is 0.182. The number of nitrogen functional groups attached to an aromatic ring is 1. The van der Waals surface area contributed by atoms with Gasteiger partial charge in [-0.3, -0.25) is 0 Å². The Morgan fingerprint density at radius 2 is 2.06 bits per heavy atom. The summed E-state index contributed by atoms with van der Waals surface area (Å²) in [6.07, 6.45) is 6.48. The number of imidazole rings is 1. The van der Waals surface area contributed by atoms with Gasteiger partial charge in [-0.1, -0.05) is 0 Å². The van der Waals surface area contributed by atoms with Crippen LogP contribution < -0.4 is 10.5 Å². The lowest BCUT2D eigenvalue weighted by molar-refractivity contribution is 0.356. The summed E-state index contributed by atoms with van der Waals surface area (Å²) < 4.78 is 23.9. The molecule has 8 nitrogen and oxygen atoms in total. The monoisotopic (exact) mass is 415 g/mol. The number of rotatable bonds is 3. The fourth-order valence-corrected chi connectivity index (χ4v) is 4.29. The molecule has 2 N–H and O–H groups in total. The molecule has 1 aliphatic rings. The molecule has 9 heteroatoms. The lowest BCUT2D eigenvalue weighted by atomic mass is 10.0. The molecule has 0 fully saturated rings. The molecule has 0 spiro atoms. The summed E-state index contributed by atoms with van der Waals surface area (Å²) in [6.45, 7) is 2.49. The molecule has 0 saturated heterocycles. The SMILES string of the molecule is Cc1cn2cccc(-c3cnc(N)n4c(Cc5c(F)ccc6c5CCO6)nnc34)c2n1. The van der Waals surface area contributed by atoms with Crippen LogP contribution in [0.15, 0.2) is 42.9 Å². The molecule has 0 unspecified atom stereocenters. The minimum Gasteiger partial charge on any atom is -0.493 e. The summed E-state index contributed by atoms with van der Waals surface area (Å²) in [7, 11) is 0. The molecule has 0 aliphatic carbocycles. The Morgan fingerprint density at radius 3 is 2.97 bits per heavy atom. The molecular formula is C22H18FN7O. The molecule has 1 aromatic carbocycles. The molecule has 4 aromatic heterocycles. The van der Waals surface area contributed by atoms with Gasteiger partial charge >= 0.3 is 0 Å². The van der Waals surface area contributed by atoms with Crippen molar-refractivity contribution < 1.29 is 9.13 Å². The lowest BCUT2D eigenvalue weighted by Crippen LogP contribution is -2.07. The number of hydrogen-bond donors (Lipinski definition) is 1. The van der Waals surface area contributed by atoms with E-state index >= 15 is 0 Å². The number of hydrogen-bond acceptors (Lipinski definition) is 6. The molecule has 0 amide bonds. The summed E-state index contributed by atoms with van der Waals surface area (Å²) >= 11 is 0. The predicted octanol–water partition coefficient (Wildman–Crippen LogP) is 2.99. The van der Waals surface area contributed by atoms with Crippen LogP contribution in [0.3, 0.4) is 0 Å². The highest BCUT2D eigenvalue weighted by Gasteiger charge is 2.23. The van der Waals surface area contributed by atoms with Gasteiger partial charge in [-0.15, -0.1) is 10.2 Å². The molecule has 1 aliphatic heterocycles. The summed E-state index contributed by atoms with van der Waals surface area (Å²) in [4.78, 5) is 9.00. The van der Waals surface area contributed by atoms with Gasteiger partial charge < -0.3 is 14.9 Å². The van der Waals surface area contributed by atoms with Crippen LogP contribution in [0.1, 0.15) is 22.6 Å². The van der Waals surface area contributed by atoms with Crippen LogP contribution in [0.25, 0.3) is 22.4 Å². The third-order valence-corrected chi connectivity index (χ3v) is 5.69. The predicted molar refractivity (Wildman–Crippen MR) is 113 cm³/mol. The second-order valence-corrected chi connectivity index (χ2v) is 7.62. The Morgan fingerprint density at radius 1 is 1.16 bits per heavy atom. The van der Waals surface area contributed by atoms with Gasteiger partial charge in [0.15, 0.2) is 5.65 Å². The van der Waals surface area contributed by atoms with Crippen LogP contribution in [-0.2, 0) is 12.8 Å². The number of halogens is 1. The third-order valence-electron chi connectivity index (χ3n) is 5.69. The van der Waals surface area contributed by atoms with Crippen molar-refractivity contribution in [3.05, 3.63) is 71.3 Å². The van der Waals surface area contributed by atoms with Gasteiger partial charge in [0, 0.05) is 53.7 Å². The van der Waals surface area contributed by atoms with Crippen molar-refractivity contribution in [2.45, 2.75) is 19.8 Å². The van der Waals surface area contributed by atoms with Gasteiger partial charge in [-0.25, -0.2) is 18.8 Å². The van der Waals surface area contributed by atoms with E-state index in [-0.39, 0.29) is 18.2 Å². The normalized spacial score (nSPS) is 13.1. The number of aryl methyl sites for hydroxylation is 1. The maximum Gasteiger partial charge on any atom is 0.207 e. The molecule has 154 valence electrons. The van der Waals surface area contributed by atoms with Crippen LogP contribution in [0.5, 0.6) is 5.75 Å². The highest BCUT2D eigenvalue weighted by Crippen LogP contribution is 2.33. The van der Waals surface area contributed by atoms with Crippen molar-refractivity contribution in [3.63, 3.8) is 0 Å². The largest absolute Gasteiger partial charge is 0.493 e. The molecule has 0 saturated carbocycles. The van der Waals surface area contributed by atoms with E-state index in [4.69, 9.17) is 10.5 Å². The van der Waals surface area contributed by atoms with E-state index in [1.807, 2.05) is 35.9 Å². The maximum atomic E-state index is 14.7. The zero-order chi connectivity index (χ0) is 21.1. The van der Waals surface area contributed by atoms with Crippen molar-refractivity contribution in [1.82, 2.24) is 29.0 Å². The average Bonchev–Trinajstić information content (AvgIpc) is 3.48. The van der Waals surface area contributed by atoms with Crippen LogP contribution in [-0.4, -0.2) is 35.6 Å². The second kappa shape index (κ2) is 6.49. The van der Waals surface area contributed by atoms with Crippen molar-refractivity contribution in [2.75, 3.05) is 12.3 Å². The third kappa shape index (κ3) is 2.66. The maximum absolute atomic E-state index is 14.7. The molecule has 0 bridgehead atoms. The zero-order valence-corrected chi connectivity index (χ0v) is 16.7. The minimum atomic E-state index is -0.290. The molecule has 31 heavy (non-hydrogen) atoms. The van der Waals surface area contributed by atoms with Gasteiger partial charge in [0.25, 0.3) is 0 Å². The summed E-state index contributed by atoms with van der Waals surface area (Å²) in [5.41, 5.74) is 11.5. The van der Waals surface area contributed by atoms with E-state index < -0.39 is 0 Å². The summed E-state index contributed by atoms with van der Waals surface area (Å²) in [6, 6.07) is 7.00. The lowest BCUT2D eigenvalue weighted by Gasteiger charge is -2.10. The van der Waals surface area contributed by atoms with Gasteiger partial charge in [-0.05, 0) is 31.2 Å².